The number of carbonyl (C=O) groups is 1. The summed E-state index contributed by atoms with van der Waals surface area (Å²) < 4.78 is 37.1. The van der Waals surface area contributed by atoms with Gasteiger partial charge in [0.1, 0.15) is 29.8 Å². The van der Waals surface area contributed by atoms with Crippen molar-refractivity contribution in [3.05, 3.63) is 77.3 Å². The van der Waals surface area contributed by atoms with Crippen LogP contribution in [0.4, 0.5) is 14.6 Å². The predicted molar refractivity (Wildman–Crippen MR) is 169 cm³/mol. The summed E-state index contributed by atoms with van der Waals surface area (Å²) in [5.41, 5.74) is 14.7. The Bertz CT molecular complexity index is 1630. The van der Waals surface area contributed by atoms with Crippen LogP contribution in [0.5, 0.6) is 5.75 Å². The average molecular weight is 675 g/mol. The number of halogens is 3. The lowest BCUT2D eigenvalue weighted by Gasteiger charge is -2.27. The molecule has 252 valence electrons. The number of hydrogen-bond donors (Lipinski definition) is 6. The minimum absolute atomic E-state index is 0.0417. The van der Waals surface area contributed by atoms with Crippen molar-refractivity contribution < 1.29 is 33.3 Å². The highest BCUT2D eigenvalue weighted by molar-refractivity contribution is 6.32. The van der Waals surface area contributed by atoms with Gasteiger partial charge in [-0.25, -0.2) is 15.0 Å². The predicted octanol–water partition coefficient (Wildman–Crippen LogP) is 2.15. The van der Waals surface area contributed by atoms with Gasteiger partial charge in [-0.15, -0.1) is 0 Å². The average Bonchev–Trinajstić information content (AvgIpc) is 3.61. The molecule has 5 rings (SSSR count). The van der Waals surface area contributed by atoms with Crippen molar-refractivity contribution in [1.82, 2.24) is 30.2 Å². The fraction of sp³-hybridized carbons (Fsp3) is 0.419. The molecule has 1 amide bonds. The molecule has 1 aliphatic rings. The highest BCUT2D eigenvalue weighted by atomic mass is 35.5. The van der Waals surface area contributed by atoms with Crippen molar-refractivity contribution >= 4 is 34.5 Å². The molecule has 6 atom stereocenters. The van der Waals surface area contributed by atoms with Crippen LogP contribution in [0.3, 0.4) is 0 Å². The highest BCUT2D eigenvalue weighted by Gasteiger charge is 2.47. The number of rotatable bonds is 15. The number of benzene rings is 2. The van der Waals surface area contributed by atoms with Crippen LogP contribution in [-0.4, -0.2) is 79.7 Å². The van der Waals surface area contributed by atoms with Gasteiger partial charge in [0.25, 0.3) is 0 Å². The van der Waals surface area contributed by atoms with E-state index in [1.807, 2.05) is 30.3 Å². The Kier molecular flexibility index (Phi) is 11.5. The Morgan fingerprint density at radius 3 is 2.62 bits per heavy atom. The first kappa shape index (κ1) is 34.3. The minimum Gasteiger partial charge on any atom is -0.433 e. The van der Waals surface area contributed by atoms with Gasteiger partial charge in [-0.2, -0.15) is 8.78 Å². The lowest BCUT2D eigenvalue weighted by molar-refractivity contribution is -0.122. The number of amides is 1. The van der Waals surface area contributed by atoms with Crippen LogP contribution in [0.1, 0.15) is 30.2 Å². The smallest absolute Gasteiger partial charge is 0.387 e. The lowest BCUT2D eigenvalue weighted by atomic mass is 9.90. The zero-order valence-electron chi connectivity index (χ0n) is 25.3. The van der Waals surface area contributed by atoms with Crippen molar-refractivity contribution in [3.63, 3.8) is 0 Å². The summed E-state index contributed by atoms with van der Waals surface area (Å²) in [7, 11) is 0. The van der Waals surface area contributed by atoms with Crippen LogP contribution in [0.15, 0.2) is 61.2 Å². The molecule has 0 bridgehead atoms. The lowest BCUT2D eigenvalue weighted by Crippen LogP contribution is -2.44. The van der Waals surface area contributed by atoms with Crippen LogP contribution in [0.2, 0.25) is 5.02 Å². The zero-order valence-corrected chi connectivity index (χ0v) is 26.0. The molecule has 4 unspecified atom stereocenters. The van der Waals surface area contributed by atoms with Gasteiger partial charge in [0, 0.05) is 25.6 Å². The Labute approximate surface area is 274 Å². The molecule has 0 radical (unpaired) electrons. The second-order valence-corrected chi connectivity index (χ2v) is 11.7. The van der Waals surface area contributed by atoms with Crippen LogP contribution in [0.25, 0.3) is 11.2 Å². The van der Waals surface area contributed by atoms with E-state index in [0.717, 1.165) is 11.1 Å². The molecule has 1 aliphatic heterocycles. The van der Waals surface area contributed by atoms with Gasteiger partial charge in [0.2, 0.25) is 5.91 Å². The molecular weight excluding hydrogens is 638 g/mol. The van der Waals surface area contributed by atoms with Crippen molar-refractivity contribution in [2.75, 3.05) is 18.8 Å². The molecule has 8 N–H and O–H groups in total. The second kappa shape index (κ2) is 15.7. The van der Waals surface area contributed by atoms with E-state index in [1.54, 1.807) is 6.07 Å². The topological polar surface area (TPSA) is 196 Å². The van der Waals surface area contributed by atoms with Crippen LogP contribution in [-0.2, 0) is 22.5 Å². The highest BCUT2D eigenvalue weighted by Crippen LogP contribution is 2.36. The summed E-state index contributed by atoms with van der Waals surface area (Å²) in [6, 6.07) is 13.4. The molecule has 47 heavy (non-hydrogen) atoms. The van der Waals surface area contributed by atoms with Crippen LogP contribution < -0.4 is 26.8 Å². The number of carbonyl (C=O) groups excluding carboxylic acids is 1. The zero-order chi connectivity index (χ0) is 33.5. The summed E-state index contributed by atoms with van der Waals surface area (Å²) in [6.07, 6.45) is -0.606. The standard InChI is InChI=1S/C31H37ClF2N8O5/c32-20-12-17(6-9-22(20)46-31(33)34)10-11-38-29(45)21(35)8-7-19(14-37-13-18-4-2-1-3-5-18)26-24(43)25(44)30(47-26)42-16-41-23-27(36)39-15-40-28(23)42/h1-6,9,12,15-16,19,21,24-26,30-31,37,43-44H,7-8,10-11,13-14,35H2,(H,38,45)(H2,36,39,40)/t19-,21+,24?,25?,26?,30?/m1/s1. The Hall–Kier alpha value is -3.99. The monoisotopic (exact) mass is 674 g/mol. The third-order valence-corrected chi connectivity index (χ3v) is 8.39. The Balaban J connectivity index is 1.20. The maximum absolute atomic E-state index is 12.8. The number of alkyl halides is 2. The van der Waals surface area contributed by atoms with E-state index in [0.29, 0.717) is 37.1 Å². The Morgan fingerprint density at radius 1 is 1.09 bits per heavy atom. The van der Waals surface area contributed by atoms with Crippen molar-refractivity contribution in [2.45, 2.75) is 63.0 Å². The van der Waals surface area contributed by atoms with E-state index in [-0.39, 0.29) is 41.4 Å². The third-order valence-electron chi connectivity index (χ3n) is 8.09. The van der Waals surface area contributed by atoms with E-state index in [9.17, 15) is 23.8 Å². The molecule has 0 saturated carbocycles. The first-order valence-electron chi connectivity index (χ1n) is 15.1. The molecule has 0 aliphatic carbocycles. The molecule has 13 nitrogen and oxygen atoms in total. The van der Waals surface area contributed by atoms with Crippen LogP contribution >= 0.6 is 11.6 Å². The number of anilines is 1. The molecule has 2 aromatic heterocycles. The number of fused-ring (bicyclic) bond motifs is 1. The molecular formula is C31H37ClF2N8O5. The maximum atomic E-state index is 12.8. The number of nitrogens with two attached hydrogens (primary N) is 2. The second-order valence-electron chi connectivity index (χ2n) is 11.3. The fourth-order valence-electron chi connectivity index (χ4n) is 5.62. The third kappa shape index (κ3) is 8.49. The summed E-state index contributed by atoms with van der Waals surface area (Å²) >= 11 is 6.02. The van der Waals surface area contributed by atoms with E-state index in [4.69, 9.17) is 27.8 Å². The molecule has 2 aromatic carbocycles. The Morgan fingerprint density at radius 2 is 1.87 bits per heavy atom. The van der Waals surface area contributed by atoms with E-state index < -0.39 is 37.2 Å². The maximum Gasteiger partial charge on any atom is 0.387 e. The first-order chi connectivity index (χ1) is 22.6. The van der Waals surface area contributed by atoms with Gasteiger partial charge in [-0.05, 0) is 42.5 Å². The van der Waals surface area contributed by atoms with Crippen molar-refractivity contribution in [2.24, 2.45) is 11.7 Å². The number of nitrogens with zero attached hydrogens (tertiary/aromatic N) is 4. The SMILES string of the molecule is Nc1ncnc2c1ncn2C1OC([C@H](CC[C@H](N)C(=O)NCCc2ccc(OC(F)F)c(Cl)c2)CNCc2ccccc2)C(O)C1O. The quantitative estimate of drug-likeness (QED) is 0.108. The molecule has 1 fully saturated rings. The number of aromatic nitrogens is 4. The van der Waals surface area contributed by atoms with Crippen molar-refractivity contribution in [3.8, 4) is 5.75 Å². The molecule has 1 saturated heterocycles. The van der Waals surface area contributed by atoms with Gasteiger partial charge in [-0.3, -0.25) is 9.36 Å². The van der Waals surface area contributed by atoms with Gasteiger partial charge < -0.3 is 41.8 Å². The number of nitrogen functional groups attached to an aromatic ring is 1. The normalized spacial score (nSPS) is 20.8. The largest absolute Gasteiger partial charge is 0.433 e. The number of imidazole rings is 1. The molecule has 0 spiro atoms. The summed E-state index contributed by atoms with van der Waals surface area (Å²) in [4.78, 5) is 25.3. The minimum atomic E-state index is -2.99. The molecule has 4 aromatic rings. The van der Waals surface area contributed by atoms with Gasteiger partial charge >= 0.3 is 6.61 Å². The molecule has 16 heteroatoms. The number of nitrogens with one attached hydrogen (secondary N) is 2. The fourth-order valence-corrected chi connectivity index (χ4v) is 5.87. The van der Waals surface area contributed by atoms with Crippen molar-refractivity contribution in [1.29, 1.82) is 0 Å². The number of aliphatic hydroxyl groups is 2. The van der Waals surface area contributed by atoms with Crippen LogP contribution in [0, 0.1) is 5.92 Å². The first-order valence-corrected chi connectivity index (χ1v) is 15.5. The van der Waals surface area contributed by atoms with E-state index >= 15 is 0 Å². The van der Waals surface area contributed by atoms with E-state index in [2.05, 4.69) is 30.3 Å². The number of ether oxygens (including phenoxy) is 2. The van der Waals surface area contributed by atoms with Gasteiger partial charge in [0.05, 0.1) is 23.5 Å². The van der Waals surface area contributed by atoms with Gasteiger partial charge in [-0.1, -0.05) is 48.0 Å². The summed E-state index contributed by atoms with van der Waals surface area (Å²) in [5, 5.41) is 28.4. The summed E-state index contributed by atoms with van der Waals surface area (Å²) in [6.45, 7) is -1.79. The van der Waals surface area contributed by atoms with Gasteiger partial charge in [0.15, 0.2) is 17.7 Å². The number of aliphatic hydroxyl groups excluding tert-OH is 2. The number of hydrogen-bond acceptors (Lipinski definition) is 11. The molecule has 3 heterocycles. The summed E-state index contributed by atoms with van der Waals surface area (Å²) in [5.74, 6) is -0.679. The van der Waals surface area contributed by atoms with E-state index in [1.165, 1.54) is 29.4 Å².